The van der Waals surface area contributed by atoms with Gasteiger partial charge in [-0.15, -0.1) is 0 Å². The van der Waals surface area contributed by atoms with Gasteiger partial charge < -0.3 is 10.6 Å². The molecule has 0 aliphatic carbocycles. The van der Waals surface area contributed by atoms with Crippen LogP contribution >= 0.6 is 0 Å². The van der Waals surface area contributed by atoms with Gasteiger partial charge in [-0.05, 0) is 44.5 Å². The lowest BCUT2D eigenvalue weighted by molar-refractivity contribution is -0.111. The maximum absolute atomic E-state index is 11.2. The van der Waals surface area contributed by atoms with Crippen molar-refractivity contribution in [3.63, 3.8) is 0 Å². The fraction of sp³-hybridized carbons (Fsp3) is 0.308. The Hall–Kier alpha value is -1.77. The zero-order valence-corrected chi connectivity index (χ0v) is 10.0. The van der Waals surface area contributed by atoms with Gasteiger partial charge in [-0.1, -0.05) is 12.6 Å². The molecule has 1 rings (SSSR count). The van der Waals surface area contributed by atoms with Gasteiger partial charge in [0.25, 0.3) is 0 Å². The second-order valence-corrected chi connectivity index (χ2v) is 4.04. The van der Waals surface area contributed by atoms with Crippen LogP contribution in [0.3, 0.4) is 0 Å². The summed E-state index contributed by atoms with van der Waals surface area (Å²) in [7, 11) is 0. The molecule has 16 heavy (non-hydrogen) atoms. The molecule has 0 aliphatic heterocycles. The van der Waals surface area contributed by atoms with Crippen LogP contribution in [0.15, 0.2) is 30.9 Å². The van der Waals surface area contributed by atoms with Crippen molar-refractivity contribution in [3.05, 3.63) is 36.4 Å². The van der Waals surface area contributed by atoms with Gasteiger partial charge >= 0.3 is 0 Å². The third-order valence-corrected chi connectivity index (χ3v) is 2.06. The molecule has 0 unspecified atom stereocenters. The number of anilines is 2. The van der Waals surface area contributed by atoms with Gasteiger partial charge in [-0.3, -0.25) is 4.79 Å². The quantitative estimate of drug-likeness (QED) is 0.763. The van der Waals surface area contributed by atoms with Gasteiger partial charge in [0.15, 0.2) is 0 Å². The number of benzene rings is 1. The summed E-state index contributed by atoms with van der Waals surface area (Å²) < 4.78 is 0. The highest BCUT2D eigenvalue weighted by atomic mass is 16.1. The summed E-state index contributed by atoms with van der Waals surface area (Å²) in [6.45, 7) is 9.56. The standard InChI is InChI=1S/C13H18N2O/c1-5-13(16)15-11-7-6-10(4)8-12(11)14-9(2)3/h5-9,14H,1H2,2-4H3,(H,15,16). The van der Waals surface area contributed by atoms with Gasteiger partial charge in [0, 0.05) is 6.04 Å². The third kappa shape index (κ3) is 3.42. The summed E-state index contributed by atoms with van der Waals surface area (Å²) in [5.74, 6) is -0.198. The molecule has 1 aromatic carbocycles. The van der Waals surface area contributed by atoms with Crippen molar-refractivity contribution in [1.82, 2.24) is 0 Å². The molecule has 0 aliphatic rings. The van der Waals surface area contributed by atoms with Crippen LogP contribution in [0.25, 0.3) is 0 Å². The molecule has 0 aromatic heterocycles. The molecule has 0 atom stereocenters. The van der Waals surface area contributed by atoms with Crippen LogP contribution in [-0.2, 0) is 4.79 Å². The first-order chi connectivity index (χ1) is 7.52. The van der Waals surface area contributed by atoms with Gasteiger partial charge in [0.05, 0.1) is 11.4 Å². The average molecular weight is 218 g/mol. The van der Waals surface area contributed by atoms with E-state index >= 15 is 0 Å². The summed E-state index contributed by atoms with van der Waals surface area (Å²) in [6.07, 6.45) is 1.26. The molecule has 86 valence electrons. The number of nitrogens with one attached hydrogen (secondary N) is 2. The van der Waals surface area contributed by atoms with Crippen LogP contribution in [0.2, 0.25) is 0 Å². The van der Waals surface area contributed by atoms with Crippen LogP contribution in [-0.4, -0.2) is 11.9 Å². The van der Waals surface area contributed by atoms with Crippen LogP contribution < -0.4 is 10.6 Å². The number of aryl methyl sites for hydroxylation is 1. The first-order valence-corrected chi connectivity index (χ1v) is 5.33. The summed E-state index contributed by atoms with van der Waals surface area (Å²) in [5, 5.41) is 6.07. The molecule has 0 heterocycles. The minimum absolute atomic E-state index is 0.198. The Morgan fingerprint density at radius 1 is 1.38 bits per heavy atom. The van der Waals surface area contributed by atoms with Crippen molar-refractivity contribution in [3.8, 4) is 0 Å². The van der Waals surface area contributed by atoms with E-state index in [1.807, 2.05) is 25.1 Å². The van der Waals surface area contributed by atoms with E-state index in [1.54, 1.807) is 0 Å². The first kappa shape index (κ1) is 12.3. The van der Waals surface area contributed by atoms with Gasteiger partial charge in [-0.2, -0.15) is 0 Å². The molecular weight excluding hydrogens is 200 g/mol. The molecular formula is C13H18N2O. The van der Waals surface area contributed by atoms with Crippen LogP contribution in [0.4, 0.5) is 11.4 Å². The van der Waals surface area contributed by atoms with Crippen molar-refractivity contribution in [2.24, 2.45) is 0 Å². The minimum atomic E-state index is -0.198. The smallest absolute Gasteiger partial charge is 0.247 e. The molecule has 3 nitrogen and oxygen atoms in total. The van der Waals surface area contributed by atoms with Crippen molar-refractivity contribution in [2.75, 3.05) is 10.6 Å². The second-order valence-electron chi connectivity index (χ2n) is 4.04. The Morgan fingerprint density at radius 3 is 2.62 bits per heavy atom. The van der Waals surface area contributed by atoms with Crippen molar-refractivity contribution in [2.45, 2.75) is 26.8 Å². The van der Waals surface area contributed by atoms with E-state index in [4.69, 9.17) is 0 Å². The summed E-state index contributed by atoms with van der Waals surface area (Å²) in [5.41, 5.74) is 2.87. The highest BCUT2D eigenvalue weighted by Gasteiger charge is 2.05. The molecule has 0 radical (unpaired) electrons. The van der Waals surface area contributed by atoms with Crippen LogP contribution in [0.1, 0.15) is 19.4 Å². The van der Waals surface area contributed by atoms with Gasteiger partial charge in [-0.25, -0.2) is 0 Å². The predicted octanol–water partition coefficient (Wildman–Crippen LogP) is 2.94. The van der Waals surface area contributed by atoms with E-state index in [0.717, 1.165) is 16.9 Å². The molecule has 0 bridgehead atoms. The van der Waals surface area contributed by atoms with E-state index in [1.165, 1.54) is 6.08 Å². The Balaban J connectivity index is 2.97. The Bertz CT molecular complexity index is 397. The number of rotatable bonds is 4. The lowest BCUT2D eigenvalue weighted by Crippen LogP contribution is -2.14. The number of hydrogen-bond acceptors (Lipinski definition) is 2. The molecule has 0 saturated heterocycles. The molecule has 1 amide bonds. The second kappa shape index (κ2) is 5.35. The number of carbonyl (C=O) groups excluding carboxylic acids is 1. The van der Waals surface area contributed by atoms with Gasteiger partial charge in [0.2, 0.25) is 5.91 Å². The monoisotopic (exact) mass is 218 g/mol. The van der Waals surface area contributed by atoms with E-state index in [0.29, 0.717) is 6.04 Å². The van der Waals surface area contributed by atoms with Crippen molar-refractivity contribution < 1.29 is 4.79 Å². The van der Waals surface area contributed by atoms with E-state index < -0.39 is 0 Å². The molecule has 3 heteroatoms. The molecule has 2 N–H and O–H groups in total. The minimum Gasteiger partial charge on any atom is -0.381 e. The highest BCUT2D eigenvalue weighted by Crippen LogP contribution is 2.23. The SMILES string of the molecule is C=CC(=O)Nc1ccc(C)cc1NC(C)C. The summed E-state index contributed by atoms with van der Waals surface area (Å²) in [6, 6.07) is 6.19. The zero-order chi connectivity index (χ0) is 12.1. The first-order valence-electron chi connectivity index (χ1n) is 5.33. The highest BCUT2D eigenvalue weighted by molar-refractivity contribution is 6.01. The zero-order valence-electron chi connectivity index (χ0n) is 10.0. The molecule has 0 saturated carbocycles. The maximum atomic E-state index is 11.2. The molecule has 0 fully saturated rings. The number of carbonyl (C=O) groups is 1. The molecule has 0 spiro atoms. The Morgan fingerprint density at radius 2 is 2.06 bits per heavy atom. The largest absolute Gasteiger partial charge is 0.381 e. The van der Waals surface area contributed by atoms with Gasteiger partial charge in [0.1, 0.15) is 0 Å². The van der Waals surface area contributed by atoms with Crippen molar-refractivity contribution in [1.29, 1.82) is 0 Å². The summed E-state index contributed by atoms with van der Waals surface area (Å²) in [4.78, 5) is 11.2. The third-order valence-electron chi connectivity index (χ3n) is 2.06. The normalized spacial score (nSPS) is 10.0. The van der Waals surface area contributed by atoms with E-state index in [9.17, 15) is 4.79 Å². The maximum Gasteiger partial charge on any atom is 0.247 e. The Labute approximate surface area is 96.6 Å². The fourth-order valence-electron chi connectivity index (χ4n) is 1.38. The van der Waals surface area contributed by atoms with E-state index in [-0.39, 0.29) is 5.91 Å². The average Bonchev–Trinajstić information content (AvgIpc) is 2.21. The topological polar surface area (TPSA) is 41.1 Å². The number of amides is 1. The predicted molar refractivity (Wildman–Crippen MR) is 68.8 cm³/mol. The van der Waals surface area contributed by atoms with Crippen molar-refractivity contribution >= 4 is 17.3 Å². The molecule has 1 aromatic rings. The summed E-state index contributed by atoms with van der Waals surface area (Å²) >= 11 is 0. The van der Waals surface area contributed by atoms with Crippen LogP contribution in [0.5, 0.6) is 0 Å². The lowest BCUT2D eigenvalue weighted by atomic mass is 10.1. The van der Waals surface area contributed by atoms with E-state index in [2.05, 4.69) is 31.1 Å². The fourth-order valence-corrected chi connectivity index (χ4v) is 1.38. The number of hydrogen-bond donors (Lipinski definition) is 2. The van der Waals surface area contributed by atoms with Crippen LogP contribution in [0, 0.1) is 6.92 Å². The lowest BCUT2D eigenvalue weighted by Gasteiger charge is -2.15. The Kier molecular flexibility index (Phi) is 4.11.